The van der Waals surface area contributed by atoms with Crippen molar-refractivity contribution in [1.29, 1.82) is 0 Å². The first-order valence-electron chi connectivity index (χ1n) is 5.85. The standard InChI is InChI=1S/C14H14F2O2/c1-2-18-12(17)9-8-11-13(14(11,15)16)10-6-4-3-5-7-10/h3-9,11,13H,2H2,1H3/b9-8-/t11-,13-/m1/s1. The molecule has 0 spiro atoms. The maximum atomic E-state index is 13.6. The molecule has 0 aromatic heterocycles. The van der Waals surface area contributed by atoms with E-state index in [0.717, 1.165) is 6.08 Å². The number of halogens is 2. The summed E-state index contributed by atoms with van der Waals surface area (Å²) in [5.41, 5.74) is 0.598. The van der Waals surface area contributed by atoms with Gasteiger partial charge in [0.15, 0.2) is 0 Å². The highest BCUT2D eigenvalue weighted by Gasteiger charge is 2.67. The molecule has 96 valence electrons. The zero-order valence-corrected chi connectivity index (χ0v) is 9.98. The molecule has 1 fully saturated rings. The van der Waals surface area contributed by atoms with Crippen LogP contribution >= 0.6 is 0 Å². The van der Waals surface area contributed by atoms with E-state index in [1.807, 2.05) is 0 Å². The summed E-state index contributed by atoms with van der Waals surface area (Å²) >= 11 is 0. The molecule has 2 nitrogen and oxygen atoms in total. The van der Waals surface area contributed by atoms with Gasteiger partial charge >= 0.3 is 5.97 Å². The summed E-state index contributed by atoms with van der Waals surface area (Å²) < 4.78 is 31.8. The van der Waals surface area contributed by atoms with E-state index in [2.05, 4.69) is 4.74 Å². The lowest BCUT2D eigenvalue weighted by atomic mass is 10.1. The lowest BCUT2D eigenvalue weighted by Gasteiger charge is -1.96. The fourth-order valence-corrected chi connectivity index (χ4v) is 2.05. The summed E-state index contributed by atoms with van der Waals surface area (Å²) in [6.45, 7) is 1.91. The van der Waals surface area contributed by atoms with Crippen molar-refractivity contribution in [3.63, 3.8) is 0 Å². The van der Waals surface area contributed by atoms with E-state index in [-0.39, 0.29) is 6.61 Å². The molecule has 1 aromatic carbocycles. The van der Waals surface area contributed by atoms with Crippen LogP contribution < -0.4 is 0 Å². The molecule has 0 aliphatic heterocycles. The van der Waals surface area contributed by atoms with Crippen LogP contribution in [0, 0.1) is 5.92 Å². The van der Waals surface area contributed by atoms with Gasteiger partial charge in [-0.25, -0.2) is 13.6 Å². The van der Waals surface area contributed by atoms with E-state index in [0.29, 0.717) is 5.56 Å². The highest BCUT2D eigenvalue weighted by atomic mass is 19.3. The van der Waals surface area contributed by atoms with E-state index >= 15 is 0 Å². The van der Waals surface area contributed by atoms with Crippen LogP contribution in [-0.4, -0.2) is 18.5 Å². The van der Waals surface area contributed by atoms with E-state index in [4.69, 9.17) is 0 Å². The minimum Gasteiger partial charge on any atom is -0.463 e. The molecule has 2 rings (SSSR count). The van der Waals surface area contributed by atoms with Crippen LogP contribution in [-0.2, 0) is 9.53 Å². The minimum atomic E-state index is -2.77. The van der Waals surface area contributed by atoms with Gasteiger partial charge in [-0.1, -0.05) is 36.4 Å². The molecule has 1 aliphatic rings. The van der Waals surface area contributed by atoms with Gasteiger partial charge in [-0.15, -0.1) is 0 Å². The molecule has 1 saturated carbocycles. The molecule has 0 heterocycles. The zero-order valence-electron chi connectivity index (χ0n) is 9.98. The predicted octanol–water partition coefficient (Wildman–Crippen LogP) is 3.15. The van der Waals surface area contributed by atoms with E-state index < -0.39 is 23.7 Å². The van der Waals surface area contributed by atoms with Crippen molar-refractivity contribution >= 4 is 5.97 Å². The number of rotatable bonds is 4. The molecule has 0 unspecified atom stereocenters. The fourth-order valence-electron chi connectivity index (χ4n) is 2.05. The number of esters is 1. The summed E-state index contributed by atoms with van der Waals surface area (Å²) in [6, 6.07) is 8.60. The molecule has 0 amide bonds. The lowest BCUT2D eigenvalue weighted by molar-refractivity contribution is -0.137. The highest BCUT2D eigenvalue weighted by Crippen LogP contribution is 2.62. The average Bonchev–Trinajstić information content (AvgIpc) is 2.90. The van der Waals surface area contributed by atoms with Crippen LogP contribution in [0.3, 0.4) is 0 Å². The molecule has 0 saturated heterocycles. The Morgan fingerprint density at radius 2 is 2.06 bits per heavy atom. The molecule has 0 radical (unpaired) electrons. The molecule has 4 heteroatoms. The summed E-state index contributed by atoms with van der Waals surface area (Å²) in [5.74, 6) is -5.09. The summed E-state index contributed by atoms with van der Waals surface area (Å²) in [5, 5.41) is 0. The topological polar surface area (TPSA) is 26.3 Å². The molecule has 18 heavy (non-hydrogen) atoms. The third-order valence-electron chi connectivity index (χ3n) is 2.99. The predicted molar refractivity (Wildman–Crippen MR) is 63.4 cm³/mol. The van der Waals surface area contributed by atoms with E-state index in [1.165, 1.54) is 6.08 Å². The monoisotopic (exact) mass is 252 g/mol. The Balaban J connectivity index is 2.06. The van der Waals surface area contributed by atoms with Gasteiger partial charge < -0.3 is 4.74 Å². The van der Waals surface area contributed by atoms with Crippen molar-refractivity contribution in [2.45, 2.75) is 18.8 Å². The Kier molecular flexibility index (Phi) is 3.45. The van der Waals surface area contributed by atoms with Crippen molar-refractivity contribution in [3.8, 4) is 0 Å². The van der Waals surface area contributed by atoms with E-state index in [1.54, 1.807) is 37.3 Å². The largest absolute Gasteiger partial charge is 0.463 e. The first-order chi connectivity index (χ1) is 8.57. The molecule has 0 N–H and O–H groups in total. The van der Waals surface area contributed by atoms with Crippen LogP contribution in [0.25, 0.3) is 0 Å². The lowest BCUT2D eigenvalue weighted by Crippen LogP contribution is -1.99. The zero-order chi connectivity index (χ0) is 13.2. The van der Waals surface area contributed by atoms with Crippen molar-refractivity contribution < 1.29 is 18.3 Å². The molecule has 0 bridgehead atoms. The number of benzene rings is 1. The number of hydrogen-bond acceptors (Lipinski definition) is 2. The van der Waals surface area contributed by atoms with Crippen molar-refractivity contribution in [3.05, 3.63) is 48.0 Å². The van der Waals surface area contributed by atoms with Crippen LogP contribution in [0.4, 0.5) is 8.78 Å². The van der Waals surface area contributed by atoms with Crippen LogP contribution in [0.15, 0.2) is 42.5 Å². The van der Waals surface area contributed by atoms with Gasteiger partial charge in [0, 0.05) is 6.08 Å². The normalized spacial score (nSPS) is 25.1. The van der Waals surface area contributed by atoms with Crippen molar-refractivity contribution in [1.82, 2.24) is 0 Å². The van der Waals surface area contributed by atoms with Gasteiger partial charge in [0.2, 0.25) is 0 Å². The first-order valence-corrected chi connectivity index (χ1v) is 5.85. The van der Waals surface area contributed by atoms with Crippen LogP contribution in [0.1, 0.15) is 18.4 Å². The SMILES string of the molecule is CCOC(=O)/C=C\[C@@H]1[C@@H](c2ccccc2)C1(F)F. The third-order valence-corrected chi connectivity index (χ3v) is 2.99. The van der Waals surface area contributed by atoms with Gasteiger partial charge in [0.05, 0.1) is 18.4 Å². The van der Waals surface area contributed by atoms with E-state index in [9.17, 15) is 13.6 Å². The summed E-state index contributed by atoms with van der Waals surface area (Å²) in [6.07, 6.45) is 2.33. The Hall–Kier alpha value is -1.71. The Bertz CT molecular complexity index is 454. The minimum absolute atomic E-state index is 0.242. The Morgan fingerprint density at radius 3 is 2.67 bits per heavy atom. The quantitative estimate of drug-likeness (QED) is 0.607. The highest BCUT2D eigenvalue weighted by molar-refractivity contribution is 5.82. The maximum absolute atomic E-state index is 13.6. The number of carbonyl (C=O) groups is 1. The number of hydrogen-bond donors (Lipinski definition) is 0. The van der Waals surface area contributed by atoms with Gasteiger partial charge in [-0.05, 0) is 12.5 Å². The third kappa shape index (κ3) is 2.42. The second-order valence-corrected chi connectivity index (χ2v) is 4.20. The molecule has 1 aromatic rings. The van der Waals surface area contributed by atoms with Gasteiger partial charge in [0.25, 0.3) is 5.92 Å². The molecule has 2 atom stereocenters. The average molecular weight is 252 g/mol. The number of carbonyl (C=O) groups excluding carboxylic acids is 1. The van der Waals surface area contributed by atoms with Crippen LogP contribution in [0.2, 0.25) is 0 Å². The fraction of sp³-hybridized carbons (Fsp3) is 0.357. The smallest absolute Gasteiger partial charge is 0.330 e. The van der Waals surface area contributed by atoms with Gasteiger partial charge in [0.1, 0.15) is 0 Å². The van der Waals surface area contributed by atoms with Crippen molar-refractivity contribution in [2.75, 3.05) is 6.61 Å². The molecular weight excluding hydrogens is 238 g/mol. The summed E-state index contributed by atoms with van der Waals surface area (Å²) in [7, 11) is 0. The first kappa shape index (κ1) is 12.7. The van der Waals surface area contributed by atoms with Gasteiger partial charge in [-0.2, -0.15) is 0 Å². The van der Waals surface area contributed by atoms with Crippen molar-refractivity contribution in [2.24, 2.45) is 5.92 Å². The second-order valence-electron chi connectivity index (χ2n) is 4.20. The number of allylic oxidation sites excluding steroid dienone is 1. The van der Waals surface area contributed by atoms with Crippen LogP contribution in [0.5, 0.6) is 0 Å². The Morgan fingerprint density at radius 1 is 1.39 bits per heavy atom. The number of ether oxygens (including phenoxy) is 1. The molecular formula is C14H14F2O2. The number of alkyl halides is 2. The summed E-state index contributed by atoms with van der Waals surface area (Å²) in [4.78, 5) is 11.1. The Labute approximate surface area is 104 Å². The van der Waals surface area contributed by atoms with Gasteiger partial charge in [-0.3, -0.25) is 0 Å². The maximum Gasteiger partial charge on any atom is 0.330 e. The second kappa shape index (κ2) is 4.88. The molecule has 1 aliphatic carbocycles.